The quantitative estimate of drug-likeness (QED) is 0.311. The summed E-state index contributed by atoms with van der Waals surface area (Å²) in [7, 11) is 0. The fourth-order valence-corrected chi connectivity index (χ4v) is 4.33. The maximum atomic E-state index is 13.3. The van der Waals surface area contributed by atoms with E-state index in [2.05, 4.69) is 20.6 Å². The molecule has 0 fully saturated rings. The average molecular weight is 477 g/mol. The number of nitrogens with zero attached hydrogens (tertiary/aromatic N) is 3. The summed E-state index contributed by atoms with van der Waals surface area (Å²) in [6, 6.07) is 18.5. The number of hydrogen-bond acceptors (Lipinski definition) is 7. The van der Waals surface area contributed by atoms with E-state index in [0.29, 0.717) is 51.4 Å². The third-order valence-corrected chi connectivity index (χ3v) is 6.23. The maximum absolute atomic E-state index is 13.3. The second-order valence-corrected chi connectivity index (χ2v) is 8.57. The average Bonchev–Trinajstić information content (AvgIpc) is 3.56. The Bertz CT molecular complexity index is 1430. The van der Waals surface area contributed by atoms with Crippen molar-refractivity contribution in [3.05, 3.63) is 93.8 Å². The molecule has 9 heteroatoms. The van der Waals surface area contributed by atoms with Gasteiger partial charge in [0.25, 0.3) is 5.91 Å². The van der Waals surface area contributed by atoms with Gasteiger partial charge in [-0.2, -0.15) is 4.98 Å². The van der Waals surface area contributed by atoms with Crippen molar-refractivity contribution in [2.45, 2.75) is 13.3 Å². The van der Waals surface area contributed by atoms with Crippen LogP contribution in [-0.2, 0) is 6.42 Å². The van der Waals surface area contributed by atoms with Crippen LogP contribution in [-0.4, -0.2) is 21.2 Å². The van der Waals surface area contributed by atoms with E-state index in [1.165, 1.54) is 0 Å². The number of carbonyl (C=O) groups is 1. The summed E-state index contributed by atoms with van der Waals surface area (Å²) in [5.74, 6) is 1.06. The number of carbonyl (C=O) groups excluding carboxylic acids is 1. The Balaban J connectivity index is 1.41. The van der Waals surface area contributed by atoms with Crippen LogP contribution in [0.3, 0.4) is 0 Å². The fourth-order valence-electron chi connectivity index (χ4n) is 3.45. The van der Waals surface area contributed by atoms with Gasteiger partial charge in [-0.25, -0.2) is 0 Å². The number of rotatable bonds is 6. The number of aryl methyl sites for hydroxylation is 1. The zero-order valence-corrected chi connectivity index (χ0v) is 19.0. The lowest BCUT2D eigenvalue weighted by Gasteiger charge is -2.10. The number of para-hydroxylation sites is 1. The number of benzene rings is 2. The van der Waals surface area contributed by atoms with E-state index in [4.69, 9.17) is 20.6 Å². The van der Waals surface area contributed by atoms with Crippen molar-refractivity contribution in [1.29, 1.82) is 0 Å². The van der Waals surface area contributed by atoms with Crippen molar-refractivity contribution < 1.29 is 13.8 Å². The molecule has 0 spiro atoms. The smallest absolute Gasteiger partial charge is 0.261 e. The molecule has 7 nitrogen and oxygen atoms in total. The van der Waals surface area contributed by atoms with Crippen molar-refractivity contribution in [1.82, 2.24) is 15.3 Å². The molecule has 0 saturated heterocycles. The van der Waals surface area contributed by atoms with E-state index in [9.17, 15) is 4.79 Å². The number of halogens is 1. The third-order valence-electron chi connectivity index (χ3n) is 5.04. The van der Waals surface area contributed by atoms with Crippen LogP contribution in [0.15, 0.2) is 75.1 Å². The summed E-state index contributed by atoms with van der Waals surface area (Å²) in [4.78, 5) is 18.7. The Kier molecular flexibility index (Phi) is 5.77. The molecule has 0 aliphatic rings. The molecule has 0 aliphatic carbocycles. The van der Waals surface area contributed by atoms with Crippen molar-refractivity contribution >= 4 is 34.5 Å². The Labute approximate surface area is 198 Å². The highest BCUT2D eigenvalue weighted by Crippen LogP contribution is 2.32. The molecule has 0 unspecified atom stereocenters. The standard InChI is InChI=1S/C24H17ClN4O3S/c1-14-21(22(28-31-14)16-8-3-4-9-17(16)25)24(30)26-18-10-5-2-7-15(18)13-20-27-23(29-32-20)19-11-6-12-33-19/h2-12H,13H2,1H3,(H,26,30). The van der Waals surface area contributed by atoms with Crippen molar-refractivity contribution in [2.75, 3.05) is 5.32 Å². The van der Waals surface area contributed by atoms with E-state index in [1.54, 1.807) is 30.4 Å². The molecule has 0 aliphatic heterocycles. The molecule has 1 amide bonds. The molecule has 2 aromatic carbocycles. The molecular formula is C24H17ClN4O3S. The first-order valence-corrected chi connectivity index (χ1v) is 11.3. The highest BCUT2D eigenvalue weighted by molar-refractivity contribution is 7.13. The zero-order valence-electron chi connectivity index (χ0n) is 17.4. The lowest BCUT2D eigenvalue weighted by Crippen LogP contribution is -2.15. The second-order valence-electron chi connectivity index (χ2n) is 7.22. The van der Waals surface area contributed by atoms with Crippen molar-refractivity contribution in [3.63, 3.8) is 0 Å². The number of amides is 1. The van der Waals surface area contributed by atoms with Gasteiger partial charge in [0, 0.05) is 11.3 Å². The van der Waals surface area contributed by atoms with Gasteiger partial charge in [0.15, 0.2) is 0 Å². The van der Waals surface area contributed by atoms with Crippen LogP contribution in [0.4, 0.5) is 5.69 Å². The summed E-state index contributed by atoms with van der Waals surface area (Å²) in [5.41, 5.74) is 2.81. The molecule has 0 bridgehead atoms. The van der Waals surface area contributed by atoms with Crippen LogP contribution >= 0.6 is 22.9 Å². The predicted molar refractivity (Wildman–Crippen MR) is 126 cm³/mol. The Hall–Kier alpha value is -3.75. The van der Waals surface area contributed by atoms with Gasteiger partial charge in [0.2, 0.25) is 11.7 Å². The van der Waals surface area contributed by atoms with Crippen LogP contribution in [0.2, 0.25) is 5.02 Å². The summed E-state index contributed by atoms with van der Waals surface area (Å²) < 4.78 is 10.8. The Morgan fingerprint density at radius 3 is 2.67 bits per heavy atom. The third kappa shape index (κ3) is 4.30. The van der Waals surface area contributed by atoms with Crippen LogP contribution in [0.5, 0.6) is 0 Å². The van der Waals surface area contributed by atoms with Crippen molar-refractivity contribution in [3.8, 4) is 22.0 Å². The van der Waals surface area contributed by atoms with E-state index in [0.717, 1.165) is 10.4 Å². The largest absolute Gasteiger partial charge is 0.360 e. The van der Waals surface area contributed by atoms with Gasteiger partial charge in [0.05, 0.1) is 16.3 Å². The molecule has 1 N–H and O–H groups in total. The van der Waals surface area contributed by atoms with E-state index < -0.39 is 0 Å². The molecule has 3 heterocycles. The van der Waals surface area contributed by atoms with E-state index >= 15 is 0 Å². The molecule has 164 valence electrons. The number of nitrogens with one attached hydrogen (secondary N) is 1. The van der Waals surface area contributed by atoms with Crippen LogP contribution < -0.4 is 5.32 Å². The first-order chi connectivity index (χ1) is 16.1. The predicted octanol–water partition coefficient (Wildman–Crippen LogP) is 6.26. The van der Waals surface area contributed by atoms with E-state index in [1.807, 2.05) is 53.9 Å². The minimum Gasteiger partial charge on any atom is -0.360 e. The topological polar surface area (TPSA) is 94.1 Å². The molecule has 0 radical (unpaired) electrons. The second kappa shape index (κ2) is 9.01. The van der Waals surface area contributed by atoms with Gasteiger partial charge in [-0.05, 0) is 36.1 Å². The van der Waals surface area contributed by atoms with Gasteiger partial charge >= 0.3 is 0 Å². The van der Waals surface area contributed by atoms with E-state index in [-0.39, 0.29) is 5.91 Å². The highest BCUT2D eigenvalue weighted by Gasteiger charge is 2.24. The molecule has 3 aromatic heterocycles. The van der Waals surface area contributed by atoms with Crippen LogP contribution in [0.1, 0.15) is 27.6 Å². The van der Waals surface area contributed by atoms with Crippen molar-refractivity contribution in [2.24, 2.45) is 0 Å². The lowest BCUT2D eigenvalue weighted by atomic mass is 10.0. The van der Waals surface area contributed by atoms with Gasteiger partial charge < -0.3 is 14.4 Å². The number of hydrogen-bond donors (Lipinski definition) is 1. The zero-order chi connectivity index (χ0) is 22.8. The maximum Gasteiger partial charge on any atom is 0.261 e. The van der Waals surface area contributed by atoms with Gasteiger partial charge in [-0.1, -0.05) is 64.4 Å². The summed E-state index contributed by atoms with van der Waals surface area (Å²) in [5, 5.41) is 13.5. The van der Waals surface area contributed by atoms with Gasteiger partial charge in [-0.15, -0.1) is 11.3 Å². The number of anilines is 1. The van der Waals surface area contributed by atoms with Gasteiger partial charge in [-0.3, -0.25) is 4.79 Å². The molecular weight excluding hydrogens is 460 g/mol. The first-order valence-electron chi connectivity index (χ1n) is 10.1. The normalized spacial score (nSPS) is 11.0. The molecule has 0 atom stereocenters. The highest BCUT2D eigenvalue weighted by atomic mass is 35.5. The Morgan fingerprint density at radius 2 is 1.85 bits per heavy atom. The molecule has 5 rings (SSSR count). The minimum absolute atomic E-state index is 0.329. The van der Waals surface area contributed by atoms with Crippen LogP contribution in [0, 0.1) is 6.92 Å². The molecule has 0 saturated carbocycles. The summed E-state index contributed by atoms with van der Waals surface area (Å²) in [6.07, 6.45) is 0.370. The monoisotopic (exact) mass is 476 g/mol. The molecule has 5 aromatic rings. The first kappa shape index (κ1) is 21.1. The SMILES string of the molecule is Cc1onc(-c2ccccc2Cl)c1C(=O)Nc1ccccc1Cc1nc(-c2cccs2)no1. The van der Waals surface area contributed by atoms with Crippen LogP contribution in [0.25, 0.3) is 22.0 Å². The number of thiophene rings is 1. The van der Waals surface area contributed by atoms with Gasteiger partial charge in [0.1, 0.15) is 17.0 Å². The summed E-state index contributed by atoms with van der Waals surface area (Å²) >= 11 is 7.86. The fraction of sp³-hybridized carbons (Fsp3) is 0.0833. The Morgan fingerprint density at radius 1 is 1.03 bits per heavy atom. The molecule has 33 heavy (non-hydrogen) atoms. The lowest BCUT2D eigenvalue weighted by molar-refractivity contribution is 0.102. The number of aromatic nitrogens is 3. The minimum atomic E-state index is -0.346. The summed E-state index contributed by atoms with van der Waals surface area (Å²) in [6.45, 7) is 1.69.